The number of carbonyl (C=O) groups is 2. The molecule has 0 bridgehead atoms. The molecule has 4 rings (SSSR count). The number of amides is 2. The molecule has 0 radical (unpaired) electrons. The molecule has 0 spiro atoms. The average molecular weight is 487 g/mol. The number of piperazine rings is 1. The topological polar surface area (TPSA) is 88.5 Å². The molecule has 11 heteroatoms. The molecule has 0 aliphatic carbocycles. The van der Waals surface area contributed by atoms with Crippen molar-refractivity contribution in [3.05, 3.63) is 65.9 Å². The van der Waals surface area contributed by atoms with Gasteiger partial charge in [0, 0.05) is 49.7 Å². The number of aryl methyl sites for hydroxylation is 1. The van der Waals surface area contributed by atoms with Crippen LogP contribution in [-0.2, 0) is 18.0 Å². The van der Waals surface area contributed by atoms with Gasteiger partial charge in [-0.05, 0) is 42.5 Å². The zero-order valence-electron chi connectivity index (χ0n) is 18.9. The van der Waals surface area contributed by atoms with Gasteiger partial charge < -0.3 is 15.4 Å². The number of benzene rings is 2. The molecule has 0 unspecified atom stereocenters. The molecule has 1 aromatic heterocycles. The van der Waals surface area contributed by atoms with Crippen LogP contribution in [0.2, 0.25) is 0 Å². The van der Waals surface area contributed by atoms with Crippen molar-refractivity contribution in [2.24, 2.45) is 7.05 Å². The molecule has 2 amide bonds. The first-order chi connectivity index (χ1) is 16.7. The van der Waals surface area contributed by atoms with E-state index in [1.54, 1.807) is 42.2 Å². The van der Waals surface area contributed by atoms with E-state index in [1.165, 1.54) is 12.1 Å². The monoisotopic (exact) mass is 487 g/mol. The molecule has 0 saturated carbocycles. The van der Waals surface area contributed by atoms with Gasteiger partial charge in [0.2, 0.25) is 5.91 Å². The van der Waals surface area contributed by atoms with E-state index in [1.807, 2.05) is 4.90 Å². The molecule has 1 aliphatic rings. The molecule has 184 valence electrons. The minimum atomic E-state index is -4.54. The van der Waals surface area contributed by atoms with Crippen LogP contribution in [0.4, 0.5) is 18.9 Å². The number of ether oxygens (including phenoxy) is 1. The van der Waals surface area contributed by atoms with Crippen molar-refractivity contribution in [1.82, 2.24) is 20.0 Å². The highest BCUT2D eigenvalue weighted by Crippen LogP contribution is 2.33. The lowest BCUT2D eigenvalue weighted by atomic mass is 10.1. The minimum Gasteiger partial charge on any atom is -0.492 e. The number of hydrogen-bond donors (Lipinski definition) is 2. The molecule has 35 heavy (non-hydrogen) atoms. The number of carbonyl (C=O) groups excluding carboxylic acids is 2. The number of aromatic nitrogens is 2. The third-order valence-electron chi connectivity index (χ3n) is 5.57. The van der Waals surface area contributed by atoms with E-state index < -0.39 is 17.6 Å². The highest BCUT2D eigenvalue weighted by Gasteiger charge is 2.31. The second-order valence-corrected chi connectivity index (χ2v) is 8.06. The number of alkyl halides is 3. The number of rotatable bonds is 7. The smallest absolute Gasteiger partial charge is 0.416 e. The number of nitrogens with zero attached hydrogens (tertiary/aromatic N) is 3. The molecule has 0 atom stereocenters. The van der Waals surface area contributed by atoms with Gasteiger partial charge in [-0.2, -0.15) is 18.3 Å². The van der Waals surface area contributed by atoms with Crippen LogP contribution in [0.1, 0.15) is 15.9 Å². The standard InChI is InChI=1S/C24H24F3N5O3/c1-31-20(7-8-29-31)19-14-18(30-23(34)16-3-2-4-17(13-16)24(25,26)27)5-6-21(19)35-12-11-32-10-9-28-22(33)15-32/h2-8,13-14H,9-12,15H2,1H3,(H,28,33)(H,30,34). The van der Waals surface area contributed by atoms with Crippen LogP contribution in [0.25, 0.3) is 11.3 Å². The Hall–Kier alpha value is -3.86. The van der Waals surface area contributed by atoms with Crippen LogP contribution in [0.5, 0.6) is 5.75 Å². The number of hydrogen-bond acceptors (Lipinski definition) is 5. The van der Waals surface area contributed by atoms with Crippen LogP contribution >= 0.6 is 0 Å². The van der Waals surface area contributed by atoms with Crippen molar-refractivity contribution < 1.29 is 27.5 Å². The second kappa shape index (κ2) is 10.2. The lowest BCUT2D eigenvalue weighted by Crippen LogP contribution is -2.48. The van der Waals surface area contributed by atoms with Crippen LogP contribution in [0.15, 0.2) is 54.7 Å². The zero-order chi connectivity index (χ0) is 25.0. The van der Waals surface area contributed by atoms with Crippen molar-refractivity contribution in [2.45, 2.75) is 6.18 Å². The Bertz CT molecular complexity index is 1230. The average Bonchev–Trinajstić information content (AvgIpc) is 3.25. The van der Waals surface area contributed by atoms with Crippen molar-refractivity contribution in [2.75, 3.05) is 38.1 Å². The van der Waals surface area contributed by atoms with Crippen molar-refractivity contribution >= 4 is 17.5 Å². The molecular formula is C24H24F3N5O3. The van der Waals surface area contributed by atoms with Crippen LogP contribution in [-0.4, -0.2) is 59.3 Å². The van der Waals surface area contributed by atoms with E-state index >= 15 is 0 Å². The lowest BCUT2D eigenvalue weighted by molar-refractivity contribution is -0.137. The summed E-state index contributed by atoms with van der Waals surface area (Å²) in [6.07, 6.45) is -2.92. The highest BCUT2D eigenvalue weighted by molar-refractivity contribution is 6.04. The Morgan fingerprint density at radius 3 is 2.74 bits per heavy atom. The van der Waals surface area contributed by atoms with Gasteiger partial charge in [0.05, 0.1) is 17.8 Å². The molecule has 1 aliphatic heterocycles. The molecule has 1 saturated heterocycles. The highest BCUT2D eigenvalue weighted by atomic mass is 19.4. The first kappa shape index (κ1) is 24.3. The Labute approximate surface area is 199 Å². The summed E-state index contributed by atoms with van der Waals surface area (Å²) in [6, 6.07) is 11.0. The zero-order valence-corrected chi connectivity index (χ0v) is 18.9. The molecule has 2 aromatic carbocycles. The first-order valence-corrected chi connectivity index (χ1v) is 10.9. The van der Waals surface area contributed by atoms with Crippen molar-refractivity contribution in [3.63, 3.8) is 0 Å². The van der Waals surface area contributed by atoms with Gasteiger partial charge in [-0.3, -0.25) is 19.2 Å². The van der Waals surface area contributed by atoms with Crippen LogP contribution in [0, 0.1) is 0 Å². The molecule has 1 fully saturated rings. The quantitative estimate of drug-likeness (QED) is 0.535. The predicted molar refractivity (Wildman–Crippen MR) is 123 cm³/mol. The van der Waals surface area contributed by atoms with Gasteiger partial charge in [0.25, 0.3) is 5.91 Å². The van der Waals surface area contributed by atoms with Gasteiger partial charge in [-0.1, -0.05) is 6.07 Å². The van der Waals surface area contributed by atoms with E-state index in [0.717, 1.165) is 24.4 Å². The summed E-state index contributed by atoms with van der Waals surface area (Å²) in [5.41, 5.74) is 0.780. The maximum absolute atomic E-state index is 13.0. The van der Waals surface area contributed by atoms with Gasteiger partial charge in [0.15, 0.2) is 0 Å². The fraction of sp³-hybridized carbons (Fsp3) is 0.292. The largest absolute Gasteiger partial charge is 0.492 e. The summed E-state index contributed by atoms with van der Waals surface area (Å²) in [4.78, 5) is 26.2. The molecular weight excluding hydrogens is 463 g/mol. The maximum atomic E-state index is 13.0. The first-order valence-electron chi connectivity index (χ1n) is 10.9. The molecule has 3 aromatic rings. The molecule has 2 heterocycles. The maximum Gasteiger partial charge on any atom is 0.416 e. The van der Waals surface area contributed by atoms with Gasteiger partial charge in [-0.25, -0.2) is 0 Å². The number of halogens is 3. The summed E-state index contributed by atoms with van der Waals surface area (Å²) in [5, 5.41) is 9.61. The van der Waals surface area contributed by atoms with E-state index in [4.69, 9.17) is 4.74 Å². The van der Waals surface area contributed by atoms with Crippen LogP contribution in [0.3, 0.4) is 0 Å². The summed E-state index contributed by atoms with van der Waals surface area (Å²) in [7, 11) is 1.76. The van der Waals surface area contributed by atoms with Gasteiger partial charge >= 0.3 is 6.18 Å². The Balaban J connectivity index is 1.52. The van der Waals surface area contributed by atoms with Crippen LogP contribution < -0.4 is 15.4 Å². The SMILES string of the molecule is Cn1nccc1-c1cc(NC(=O)c2cccc(C(F)(F)F)c2)ccc1OCCN1CCNC(=O)C1. The predicted octanol–water partition coefficient (Wildman–Crippen LogP) is 3.17. The summed E-state index contributed by atoms with van der Waals surface area (Å²) >= 11 is 0. The second-order valence-electron chi connectivity index (χ2n) is 8.06. The number of anilines is 1. The van der Waals surface area contributed by atoms with Gasteiger partial charge in [0.1, 0.15) is 12.4 Å². The summed E-state index contributed by atoms with van der Waals surface area (Å²) < 4.78 is 46.7. The third kappa shape index (κ3) is 5.99. The lowest BCUT2D eigenvalue weighted by Gasteiger charge is -2.26. The molecule has 2 N–H and O–H groups in total. The van der Waals surface area contributed by atoms with Crippen molar-refractivity contribution in [3.8, 4) is 17.0 Å². The van der Waals surface area contributed by atoms with E-state index in [9.17, 15) is 22.8 Å². The number of nitrogens with one attached hydrogen (secondary N) is 2. The van der Waals surface area contributed by atoms with Gasteiger partial charge in [-0.15, -0.1) is 0 Å². The fourth-order valence-electron chi connectivity index (χ4n) is 3.78. The normalized spacial score (nSPS) is 14.5. The molecule has 8 nitrogen and oxygen atoms in total. The van der Waals surface area contributed by atoms with Crippen molar-refractivity contribution in [1.29, 1.82) is 0 Å². The van der Waals surface area contributed by atoms with E-state index in [0.29, 0.717) is 43.2 Å². The van der Waals surface area contributed by atoms with E-state index in [-0.39, 0.29) is 11.5 Å². The Morgan fingerprint density at radius 1 is 1.20 bits per heavy atom. The summed E-state index contributed by atoms with van der Waals surface area (Å²) in [5.74, 6) is -0.135. The fourth-order valence-corrected chi connectivity index (χ4v) is 3.78. The Kier molecular flexibility index (Phi) is 7.06. The Morgan fingerprint density at radius 2 is 2.03 bits per heavy atom. The van der Waals surface area contributed by atoms with E-state index in [2.05, 4.69) is 15.7 Å². The minimum absolute atomic E-state index is 0.0207. The summed E-state index contributed by atoms with van der Waals surface area (Å²) in [6.45, 7) is 2.56. The third-order valence-corrected chi connectivity index (χ3v) is 5.57.